The fourth-order valence-electron chi connectivity index (χ4n) is 1.27. The predicted molar refractivity (Wildman–Crippen MR) is 96.6 cm³/mol. The molecule has 2 rings (SSSR count). The summed E-state index contributed by atoms with van der Waals surface area (Å²) in [5.41, 5.74) is 22.3. The normalized spacial score (nSPS) is 10.6. The Balaban J connectivity index is 0.000000662. The zero-order chi connectivity index (χ0) is 24.8. The van der Waals surface area contributed by atoms with Crippen LogP contribution in [-0.4, -0.2) is 46.8 Å². The fourth-order valence-corrected chi connectivity index (χ4v) is 1.27. The zero-order valence-corrected chi connectivity index (χ0v) is 15.4. The SMILES string of the molecule is NN/C(N)=[NH+]/N.NN/C(N)=[NH+]\N.O=[N+]([O-])[N-]c1nnc2n1[nH]c([N-][N+](=O)[O-])[n+]2[N-][N+](=O)[O-]. The number of hydrogen-bond donors (Lipinski definition) is 11. The lowest BCUT2D eigenvalue weighted by Gasteiger charge is -2.18. The standard InChI is InChI=1S/C3HN11O6.2CH7N5/c15-12(16)7-1-4-5-3-10(1)6-2(8-13(17)18)11(3)9-14(19)20;2*2-1(5-3)6-4/h6H;2*3-4H2,(H3,2,5,6)/q-2;;/p+2. The van der Waals surface area contributed by atoms with Crippen molar-refractivity contribution in [3.63, 3.8) is 0 Å². The van der Waals surface area contributed by atoms with Crippen molar-refractivity contribution in [3.05, 3.63) is 46.7 Å². The number of fused-ring (bicyclic) bond motifs is 1. The molecule has 0 aromatic carbocycles. The van der Waals surface area contributed by atoms with Crippen molar-refractivity contribution in [2.24, 2.45) is 34.8 Å². The molecule has 2 aromatic heterocycles. The third-order valence-corrected chi connectivity index (χ3v) is 2.36. The Kier molecular flexibility index (Phi) is 10.4. The van der Waals surface area contributed by atoms with Gasteiger partial charge >= 0.3 is 23.6 Å². The maximum Gasteiger partial charge on any atom is 0.390 e. The summed E-state index contributed by atoms with van der Waals surface area (Å²) in [4.78, 5) is 30.9. The van der Waals surface area contributed by atoms with Gasteiger partial charge in [-0.2, -0.15) is 27.0 Å². The first kappa shape index (κ1) is 26.3. The summed E-state index contributed by atoms with van der Waals surface area (Å²) in [5, 5.41) is 40.2. The van der Waals surface area contributed by atoms with Gasteiger partial charge in [0.1, 0.15) is 5.03 Å². The van der Waals surface area contributed by atoms with Gasteiger partial charge in [0, 0.05) is 0 Å². The third-order valence-electron chi connectivity index (χ3n) is 2.36. The Hall–Kier alpha value is -5.73. The van der Waals surface area contributed by atoms with E-state index in [1.165, 1.54) is 0 Å². The molecular weight excluding hydrogens is 450 g/mol. The van der Waals surface area contributed by atoms with Crippen molar-refractivity contribution in [2.75, 3.05) is 0 Å². The topological polar surface area (TPSA) is 430 Å². The summed E-state index contributed by atoms with van der Waals surface area (Å²) in [5.74, 6) is 17.4. The molecule has 0 fully saturated rings. The summed E-state index contributed by atoms with van der Waals surface area (Å²) in [6, 6.07) is 0. The molecule has 178 valence electrons. The van der Waals surface area contributed by atoms with E-state index in [2.05, 4.69) is 52.7 Å². The van der Waals surface area contributed by atoms with E-state index in [4.69, 9.17) is 34.8 Å². The molecule has 0 aliphatic heterocycles. The molecule has 0 radical (unpaired) electrons. The third kappa shape index (κ3) is 8.52. The second-order valence-corrected chi connectivity index (χ2v) is 4.29. The van der Waals surface area contributed by atoms with Crippen molar-refractivity contribution >= 4 is 29.6 Å². The lowest BCUT2D eigenvalue weighted by Crippen LogP contribution is -2.85. The van der Waals surface area contributed by atoms with Gasteiger partial charge in [0.15, 0.2) is 5.43 Å². The maximum absolute atomic E-state index is 10.3. The van der Waals surface area contributed by atoms with E-state index >= 15 is 0 Å². The van der Waals surface area contributed by atoms with Crippen molar-refractivity contribution in [1.29, 1.82) is 0 Å². The van der Waals surface area contributed by atoms with Gasteiger partial charge in [-0.3, -0.25) is 27.8 Å². The second kappa shape index (κ2) is 12.7. The Morgan fingerprint density at radius 3 is 1.81 bits per heavy atom. The number of hydrazone groups is 2. The highest BCUT2D eigenvalue weighted by atomic mass is 16.7. The summed E-state index contributed by atoms with van der Waals surface area (Å²) >= 11 is 0. The first-order chi connectivity index (χ1) is 15.0. The Morgan fingerprint density at radius 1 is 0.969 bits per heavy atom. The number of aromatic amines is 1. The number of nitrogens with two attached hydrogens (primary N) is 6. The quantitative estimate of drug-likeness (QED) is 0.0468. The molecule has 0 bridgehead atoms. The monoisotopic (exact) mass is 467 g/mol. The van der Waals surface area contributed by atoms with Crippen molar-refractivity contribution < 1.29 is 30.0 Å². The first-order valence-corrected chi connectivity index (χ1v) is 7.09. The van der Waals surface area contributed by atoms with E-state index in [-0.39, 0.29) is 11.9 Å². The fraction of sp³-hybridized carbons (Fsp3) is 0. The van der Waals surface area contributed by atoms with Crippen molar-refractivity contribution in [2.45, 2.75) is 0 Å². The number of rotatable bonds is 6. The molecule has 17 N–H and O–H groups in total. The van der Waals surface area contributed by atoms with Gasteiger partial charge in [-0.15, -0.1) is 9.61 Å². The highest BCUT2D eigenvalue weighted by Crippen LogP contribution is 2.18. The number of guanidine groups is 2. The van der Waals surface area contributed by atoms with E-state index in [0.29, 0.717) is 9.19 Å². The summed E-state index contributed by atoms with van der Waals surface area (Å²) < 4.78 is 0.993. The molecule has 0 aliphatic rings. The van der Waals surface area contributed by atoms with Gasteiger partial charge in [0.25, 0.3) is 0 Å². The molecule has 0 saturated carbocycles. The molecule has 0 spiro atoms. The number of aromatic nitrogens is 5. The zero-order valence-electron chi connectivity index (χ0n) is 15.4. The minimum absolute atomic E-state index is 0.148. The minimum atomic E-state index is -1.17. The highest BCUT2D eigenvalue weighted by molar-refractivity contribution is 5.70. The molecule has 0 unspecified atom stereocenters. The van der Waals surface area contributed by atoms with Crippen LogP contribution in [0.1, 0.15) is 0 Å². The van der Waals surface area contributed by atoms with Crippen LogP contribution in [0, 0.1) is 30.3 Å². The average molecular weight is 467 g/mol. The lowest BCUT2D eigenvalue weighted by molar-refractivity contribution is -0.714. The van der Waals surface area contributed by atoms with E-state index < -0.39 is 32.8 Å². The van der Waals surface area contributed by atoms with E-state index in [0.717, 1.165) is 0 Å². The van der Waals surface area contributed by atoms with E-state index in [1.807, 2.05) is 0 Å². The Bertz CT molecular complexity index is 953. The summed E-state index contributed by atoms with van der Waals surface area (Å²) in [7, 11) is 0. The molecule has 0 atom stereocenters. The van der Waals surface area contributed by atoms with Gasteiger partial charge in [0.05, 0.1) is 0 Å². The Labute approximate surface area is 173 Å². The van der Waals surface area contributed by atoms with Crippen LogP contribution < -0.4 is 60.6 Å². The Morgan fingerprint density at radius 2 is 1.47 bits per heavy atom. The molecule has 27 heteroatoms. The largest absolute Gasteiger partial charge is 0.445 e. The number of hydrogen-bond acceptors (Lipinski definition) is 12. The number of nitrogens with zero attached hydrogens (tertiary/aromatic N) is 10. The second-order valence-electron chi connectivity index (χ2n) is 4.29. The van der Waals surface area contributed by atoms with Crippen LogP contribution >= 0.6 is 0 Å². The maximum atomic E-state index is 10.3. The van der Waals surface area contributed by atoms with Gasteiger partial charge in [0.2, 0.25) is 11.0 Å². The van der Waals surface area contributed by atoms with Crippen LogP contribution in [0.3, 0.4) is 0 Å². The van der Waals surface area contributed by atoms with Crippen LogP contribution in [0.2, 0.25) is 0 Å². The van der Waals surface area contributed by atoms with Crippen LogP contribution in [0.15, 0.2) is 0 Å². The van der Waals surface area contributed by atoms with Crippen molar-refractivity contribution in [1.82, 2.24) is 30.7 Å². The average Bonchev–Trinajstić information content (AvgIpc) is 3.26. The molecule has 0 saturated heterocycles. The van der Waals surface area contributed by atoms with Crippen LogP contribution in [0.4, 0.5) is 11.9 Å². The molecule has 2 aromatic rings. The van der Waals surface area contributed by atoms with Gasteiger partial charge in [-0.1, -0.05) is 0 Å². The smallest absolute Gasteiger partial charge is 0.390 e. The van der Waals surface area contributed by atoms with Crippen LogP contribution in [0.5, 0.6) is 0 Å². The minimum Gasteiger partial charge on any atom is -0.445 e. The molecule has 0 aliphatic carbocycles. The van der Waals surface area contributed by atoms with Crippen molar-refractivity contribution in [3.8, 4) is 0 Å². The molecular formula is C5H17N21O6. The number of nitrogens with one attached hydrogen (secondary N) is 5. The number of nitro groups is 3. The number of hydrazine groups is 4. The van der Waals surface area contributed by atoms with Gasteiger partial charge < -0.3 is 15.6 Å². The molecule has 32 heavy (non-hydrogen) atoms. The number of H-pyrrole nitrogens is 1. The van der Waals surface area contributed by atoms with Crippen LogP contribution in [-0.2, 0) is 0 Å². The summed E-state index contributed by atoms with van der Waals surface area (Å²) in [6.45, 7) is 0. The van der Waals surface area contributed by atoms with Gasteiger partial charge in [-0.25, -0.2) is 41.2 Å². The lowest BCUT2D eigenvalue weighted by atomic mass is 11.0. The van der Waals surface area contributed by atoms with E-state index in [9.17, 15) is 30.3 Å². The van der Waals surface area contributed by atoms with Gasteiger partial charge in [-0.05, 0) is 5.43 Å². The summed E-state index contributed by atoms with van der Waals surface area (Å²) in [6.07, 6.45) is 0. The van der Waals surface area contributed by atoms with Crippen LogP contribution in [0.25, 0.3) is 22.2 Å². The highest BCUT2D eigenvalue weighted by Gasteiger charge is 2.23. The molecule has 27 nitrogen and oxygen atoms in total. The van der Waals surface area contributed by atoms with E-state index in [1.54, 1.807) is 0 Å². The first-order valence-electron chi connectivity index (χ1n) is 7.09. The predicted octanol–water partition coefficient (Wildman–Crippen LogP) is -9.50. The molecule has 2 heterocycles. The molecule has 0 amide bonds.